The second-order valence-electron chi connectivity index (χ2n) is 6.48. The standard InChI is InChI=1S/C22H17N3O5S2/c1-14(26)25(16-6-3-2-4-7-16)22-23-15(13-31-22)12-30-21(28)18-9-10-19(32-18)24-20(27)17-8-5-11-29-17/h2-11,13H,12H2,1H3,(H,24,27). The van der Waals surface area contributed by atoms with Gasteiger partial charge in [-0.15, -0.1) is 22.7 Å². The fourth-order valence-electron chi connectivity index (χ4n) is 2.78. The van der Waals surface area contributed by atoms with Crippen LogP contribution in [-0.4, -0.2) is 22.8 Å². The van der Waals surface area contributed by atoms with E-state index in [4.69, 9.17) is 9.15 Å². The van der Waals surface area contributed by atoms with E-state index in [9.17, 15) is 14.4 Å². The van der Waals surface area contributed by atoms with E-state index in [0.717, 1.165) is 11.3 Å². The van der Waals surface area contributed by atoms with Crippen molar-refractivity contribution in [3.8, 4) is 0 Å². The molecule has 3 heterocycles. The van der Waals surface area contributed by atoms with Crippen molar-refractivity contribution < 1.29 is 23.5 Å². The number of thiazole rings is 1. The summed E-state index contributed by atoms with van der Waals surface area (Å²) in [5.41, 5.74) is 1.24. The number of anilines is 3. The fraction of sp³-hybridized carbons (Fsp3) is 0.0909. The minimum Gasteiger partial charge on any atom is -0.459 e. The van der Waals surface area contributed by atoms with Crippen molar-refractivity contribution >= 4 is 56.3 Å². The van der Waals surface area contributed by atoms with Gasteiger partial charge in [-0.3, -0.25) is 14.5 Å². The maximum Gasteiger partial charge on any atom is 0.348 e. The number of carbonyl (C=O) groups excluding carboxylic acids is 3. The predicted molar refractivity (Wildman–Crippen MR) is 121 cm³/mol. The van der Waals surface area contributed by atoms with Gasteiger partial charge in [0, 0.05) is 12.3 Å². The van der Waals surface area contributed by atoms with Crippen LogP contribution in [-0.2, 0) is 16.1 Å². The quantitative estimate of drug-likeness (QED) is 0.380. The second kappa shape index (κ2) is 9.58. The number of para-hydroxylation sites is 1. The Bertz CT molecular complexity index is 1230. The van der Waals surface area contributed by atoms with Crippen molar-refractivity contribution in [2.45, 2.75) is 13.5 Å². The third-order valence-corrected chi connectivity index (χ3v) is 6.06. The van der Waals surface area contributed by atoms with E-state index in [1.165, 1.54) is 29.4 Å². The molecule has 3 aromatic heterocycles. The molecule has 0 atom stereocenters. The Hall–Kier alpha value is -3.76. The maximum atomic E-state index is 12.4. The molecular formula is C22H17N3O5S2. The number of amides is 2. The molecule has 32 heavy (non-hydrogen) atoms. The van der Waals surface area contributed by atoms with E-state index in [-0.39, 0.29) is 18.3 Å². The molecule has 0 bridgehead atoms. The number of hydrogen-bond donors (Lipinski definition) is 1. The van der Waals surface area contributed by atoms with Gasteiger partial charge in [0.2, 0.25) is 5.91 Å². The normalized spacial score (nSPS) is 10.5. The van der Waals surface area contributed by atoms with E-state index in [1.807, 2.05) is 30.3 Å². The monoisotopic (exact) mass is 467 g/mol. The van der Waals surface area contributed by atoms with Crippen molar-refractivity contribution in [2.75, 3.05) is 10.2 Å². The lowest BCUT2D eigenvalue weighted by Gasteiger charge is -2.17. The highest BCUT2D eigenvalue weighted by Gasteiger charge is 2.19. The number of esters is 1. The average Bonchev–Trinajstić information content (AvgIpc) is 3.55. The summed E-state index contributed by atoms with van der Waals surface area (Å²) in [5, 5.41) is 5.40. The molecule has 0 aliphatic heterocycles. The van der Waals surface area contributed by atoms with Crippen LogP contribution in [0.3, 0.4) is 0 Å². The summed E-state index contributed by atoms with van der Waals surface area (Å²) >= 11 is 2.38. The number of aromatic nitrogens is 1. The minimum atomic E-state index is -0.533. The molecule has 0 saturated carbocycles. The number of carbonyl (C=O) groups is 3. The third-order valence-electron chi connectivity index (χ3n) is 4.20. The van der Waals surface area contributed by atoms with Crippen molar-refractivity contribution in [1.82, 2.24) is 4.98 Å². The van der Waals surface area contributed by atoms with Crippen LogP contribution >= 0.6 is 22.7 Å². The van der Waals surface area contributed by atoms with Gasteiger partial charge in [0.15, 0.2) is 10.9 Å². The molecule has 0 unspecified atom stereocenters. The maximum absolute atomic E-state index is 12.4. The van der Waals surface area contributed by atoms with Gasteiger partial charge < -0.3 is 14.5 Å². The summed E-state index contributed by atoms with van der Waals surface area (Å²) in [6, 6.07) is 15.5. The van der Waals surface area contributed by atoms with Crippen LogP contribution in [0.1, 0.15) is 32.8 Å². The van der Waals surface area contributed by atoms with E-state index in [1.54, 1.807) is 29.6 Å². The highest BCUT2D eigenvalue weighted by atomic mass is 32.1. The first-order valence-electron chi connectivity index (χ1n) is 9.43. The molecule has 1 aromatic carbocycles. The Balaban J connectivity index is 1.37. The van der Waals surface area contributed by atoms with Crippen LogP contribution in [0.5, 0.6) is 0 Å². The second-order valence-corrected chi connectivity index (χ2v) is 8.40. The first-order chi connectivity index (χ1) is 15.5. The van der Waals surface area contributed by atoms with E-state index in [2.05, 4.69) is 10.3 Å². The van der Waals surface area contributed by atoms with Gasteiger partial charge >= 0.3 is 5.97 Å². The molecule has 162 valence electrons. The smallest absolute Gasteiger partial charge is 0.348 e. The summed E-state index contributed by atoms with van der Waals surface area (Å²) in [6.07, 6.45) is 1.41. The first kappa shape index (κ1) is 21.5. The Labute approximate surface area is 191 Å². The number of rotatable bonds is 7. The number of ether oxygens (including phenoxy) is 1. The van der Waals surface area contributed by atoms with E-state index >= 15 is 0 Å². The molecule has 0 aliphatic carbocycles. The number of nitrogens with zero attached hydrogens (tertiary/aromatic N) is 2. The molecule has 10 heteroatoms. The summed E-state index contributed by atoms with van der Waals surface area (Å²) in [4.78, 5) is 42.8. The number of benzene rings is 1. The minimum absolute atomic E-state index is 0.0398. The van der Waals surface area contributed by atoms with Crippen LogP contribution in [0.15, 0.2) is 70.7 Å². The Kier molecular flexibility index (Phi) is 6.43. The largest absolute Gasteiger partial charge is 0.459 e. The third kappa shape index (κ3) is 4.93. The van der Waals surface area contributed by atoms with Crippen molar-refractivity contribution in [3.63, 3.8) is 0 Å². The SMILES string of the molecule is CC(=O)N(c1ccccc1)c1nc(COC(=O)c2ccc(NC(=O)c3ccco3)s2)cs1. The zero-order chi connectivity index (χ0) is 22.5. The molecule has 2 amide bonds. The number of hydrogen-bond acceptors (Lipinski definition) is 8. The first-order valence-corrected chi connectivity index (χ1v) is 11.1. The summed E-state index contributed by atoms with van der Waals surface area (Å²) in [6.45, 7) is 1.43. The van der Waals surface area contributed by atoms with Gasteiger partial charge in [-0.05, 0) is 36.4 Å². The molecular weight excluding hydrogens is 450 g/mol. The van der Waals surface area contributed by atoms with Crippen molar-refractivity contribution in [2.24, 2.45) is 0 Å². The zero-order valence-electron chi connectivity index (χ0n) is 16.8. The molecule has 0 saturated heterocycles. The summed E-state index contributed by atoms with van der Waals surface area (Å²) in [7, 11) is 0. The summed E-state index contributed by atoms with van der Waals surface area (Å²) in [5.74, 6) is -0.927. The van der Waals surface area contributed by atoms with Crippen molar-refractivity contribution in [1.29, 1.82) is 0 Å². The van der Waals surface area contributed by atoms with Crippen LogP contribution in [0, 0.1) is 0 Å². The lowest BCUT2D eigenvalue weighted by atomic mass is 10.3. The lowest BCUT2D eigenvalue weighted by Crippen LogP contribution is -2.22. The van der Waals surface area contributed by atoms with Gasteiger partial charge in [0.1, 0.15) is 11.5 Å². The molecule has 0 radical (unpaired) electrons. The number of thiophene rings is 1. The zero-order valence-corrected chi connectivity index (χ0v) is 18.4. The van der Waals surface area contributed by atoms with E-state index < -0.39 is 11.9 Å². The molecule has 0 aliphatic rings. The Morgan fingerprint density at radius 2 is 1.91 bits per heavy atom. The van der Waals surface area contributed by atoms with Gasteiger partial charge in [-0.2, -0.15) is 0 Å². The molecule has 0 fully saturated rings. The topological polar surface area (TPSA) is 102 Å². The Morgan fingerprint density at radius 3 is 2.62 bits per heavy atom. The average molecular weight is 468 g/mol. The van der Waals surface area contributed by atoms with Gasteiger partial charge in [-0.25, -0.2) is 9.78 Å². The van der Waals surface area contributed by atoms with Crippen LogP contribution in [0.25, 0.3) is 0 Å². The lowest BCUT2D eigenvalue weighted by molar-refractivity contribution is -0.115. The molecule has 4 aromatic rings. The molecule has 0 spiro atoms. The van der Waals surface area contributed by atoms with Gasteiger partial charge in [-0.1, -0.05) is 18.2 Å². The fourth-order valence-corrected chi connectivity index (χ4v) is 4.44. The Morgan fingerprint density at radius 1 is 1.09 bits per heavy atom. The van der Waals surface area contributed by atoms with Crippen molar-refractivity contribution in [3.05, 3.63) is 82.6 Å². The van der Waals surface area contributed by atoms with E-state index in [0.29, 0.717) is 26.4 Å². The van der Waals surface area contributed by atoms with Gasteiger partial charge in [0.25, 0.3) is 5.91 Å². The molecule has 8 nitrogen and oxygen atoms in total. The summed E-state index contributed by atoms with van der Waals surface area (Å²) < 4.78 is 10.4. The van der Waals surface area contributed by atoms with Crippen LogP contribution in [0.2, 0.25) is 0 Å². The van der Waals surface area contributed by atoms with Crippen LogP contribution in [0.4, 0.5) is 15.8 Å². The molecule has 1 N–H and O–H groups in total. The highest BCUT2D eigenvalue weighted by molar-refractivity contribution is 7.18. The van der Waals surface area contributed by atoms with Crippen LogP contribution < -0.4 is 10.2 Å². The highest BCUT2D eigenvalue weighted by Crippen LogP contribution is 2.29. The van der Waals surface area contributed by atoms with Gasteiger partial charge in [0.05, 0.1) is 22.6 Å². The predicted octanol–water partition coefficient (Wildman–Crippen LogP) is 5.09. The number of furan rings is 1. The molecule has 4 rings (SSSR count). The number of nitrogens with one attached hydrogen (secondary N) is 1.